The third-order valence-electron chi connectivity index (χ3n) is 3.41. The van der Waals surface area contributed by atoms with E-state index in [9.17, 15) is 5.11 Å². The Morgan fingerprint density at radius 3 is 2.94 bits per heavy atom. The summed E-state index contributed by atoms with van der Waals surface area (Å²) in [6.07, 6.45) is 0.518. The highest BCUT2D eigenvalue weighted by atomic mass is 35.5. The largest absolute Gasteiger partial charge is 0.386 e. The number of ether oxygens (including phenoxy) is 1. The van der Waals surface area contributed by atoms with E-state index in [4.69, 9.17) is 27.9 Å². The van der Waals surface area contributed by atoms with Gasteiger partial charge in [0.2, 0.25) is 0 Å². The predicted molar refractivity (Wildman–Crippen MR) is 73.1 cm³/mol. The van der Waals surface area contributed by atoms with E-state index in [1.807, 2.05) is 13.0 Å². The van der Waals surface area contributed by atoms with Gasteiger partial charge in [0, 0.05) is 36.2 Å². The van der Waals surface area contributed by atoms with E-state index < -0.39 is 5.60 Å². The van der Waals surface area contributed by atoms with E-state index in [0.29, 0.717) is 36.2 Å². The molecule has 1 heterocycles. The van der Waals surface area contributed by atoms with Gasteiger partial charge in [-0.3, -0.25) is 0 Å². The summed E-state index contributed by atoms with van der Waals surface area (Å²) in [6, 6.07) is 5.36. The van der Waals surface area contributed by atoms with E-state index in [0.717, 1.165) is 5.56 Å². The Bertz CT molecular complexity index is 427. The fraction of sp³-hybridized carbons (Fsp3) is 0.538. The maximum Gasteiger partial charge on any atom is 0.105 e. The van der Waals surface area contributed by atoms with Crippen molar-refractivity contribution in [3.8, 4) is 0 Å². The molecule has 2 N–H and O–H groups in total. The van der Waals surface area contributed by atoms with Crippen LogP contribution in [-0.2, 0) is 11.3 Å². The highest BCUT2D eigenvalue weighted by Crippen LogP contribution is 2.25. The summed E-state index contributed by atoms with van der Waals surface area (Å²) in [5, 5.41) is 14.9. The van der Waals surface area contributed by atoms with Crippen LogP contribution in [0.15, 0.2) is 18.2 Å². The molecule has 18 heavy (non-hydrogen) atoms. The molecule has 0 radical (unpaired) electrons. The normalized spacial score (nSPS) is 27.7. The van der Waals surface area contributed by atoms with Crippen LogP contribution in [0, 0.1) is 0 Å². The van der Waals surface area contributed by atoms with Crippen LogP contribution in [0.25, 0.3) is 0 Å². The van der Waals surface area contributed by atoms with E-state index >= 15 is 0 Å². The molecule has 1 aromatic carbocycles. The van der Waals surface area contributed by atoms with Crippen molar-refractivity contribution in [1.82, 2.24) is 5.32 Å². The Hall–Kier alpha value is -0.320. The molecule has 0 amide bonds. The monoisotopic (exact) mass is 289 g/mol. The first-order valence-corrected chi connectivity index (χ1v) is 6.75. The lowest BCUT2D eigenvalue weighted by atomic mass is 9.96. The van der Waals surface area contributed by atoms with E-state index in [1.54, 1.807) is 12.1 Å². The number of nitrogens with one attached hydrogen (secondary N) is 1. The molecule has 100 valence electrons. The van der Waals surface area contributed by atoms with E-state index in [-0.39, 0.29) is 6.10 Å². The van der Waals surface area contributed by atoms with Gasteiger partial charge in [0.1, 0.15) is 5.60 Å². The smallest absolute Gasteiger partial charge is 0.105 e. The topological polar surface area (TPSA) is 41.5 Å². The Morgan fingerprint density at radius 2 is 2.28 bits per heavy atom. The summed E-state index contributed by atoms with van der Waals surface area (Å²) in [4.78, 5) is 0. The highest BCUT2D eigenvalue weighted by molar-refractivity contribution is 6.33. The number of aliphatic hydroxyl groups is 1. The minimum atomic E-state index is -0.787. The molecular formula is C13H17Cl2NO2. The summed E-state index contributed by atoms with van der Waals surface area (Å²) < 4.78 is 5.38. The second-order valence-corrected chi connectivity index (χ2v) is 5.55. The van der Waals surface area contributed by atoms with E-state index in [2.05, 4.69) is 5.32 Å². The van der Waals surface area contributed by atoms with Crippen LogP contribution in [-0.4, -0.2) is 30.0 Å². The van der Waals surface area contributed by atoms with Crippen molar-refractivity contribution in [2.24, 2.45) is 0 Å². The number of rotatable bonds is 4. The van der Waals surface area contributed by atoms with Gasteiger partial charge < -0.3 is 15.2 Å². The number of benzene rings is 1. The highest BCUT2D eigenvalue weighted by Gasteiger charge is 2.38. The van der Waals surface area contributed by atoms with Crippen LogP contribution >= 0.6 is 23.2 Å². The molecule has 0 aromatic heterocycles. The number of hydrogen-bond donors (Lipinski definition) is 2. The lowest BCUT2D eigenvalue weighted by Gasteiger charge is -2.26. The maximum atomic E-state index is 10.3. The molecule has 3 nitrogen and oxygen atoms in total. The van der Waals surface area contributed by atoms with Gasteiger partial charge in [-0.05, 0) is 30.7 Å². The molecule has 1 saturated heterocycles. The Labute approximate surface area is 117 Å². The SMILES string of the molecule is CC1OCCC1(O)CNCc1cc(Cl)ccc1Cl. The Kier molecular flexibility index (Phi) is 4.51. The second kappa shape index (κ2) is 5.76. The first-order chi connectivity index (χ1) is 8.51. The zero-order valence-electron chi connectivity index (χ0n) is 10.2. The minimum absolute atomic E-state index is 0.139. The molecule has 2 atom stereocenters. The van der Waals surface area contributed by atoms with Crippen molar-refractivity contribution in [3.63, 3.8) is 0 Å². The zero-order chi connectivity index (χ0) is 13.2. The molecule has 1 aliphatic rings. The standard InChI is InChI=1S/C13H17Cl2NO2/c1-9-13(17,4-5-18-9)8-16-7-10-6-11(14)2-3-12(10)15/h2-3,6,9,16-17H,4-5,7-8H2,1H3. The lowest BCUT2D eigenvalue weighted by Crippen LogP contribution is -2.45. The lowest BCUT2D eigenvalue weighted by molar-refractivity contribution is -0.0262. The summed E-state index contributed by atoms with van der Waals surface area (Å²) in [7, 11) is 0. The predicted octanol–water partition coefficient (Wildman–Crippen LogP) is 2.62. The van der Waals surface area contributed by atoms with Gasteiger partial charge in [0.05, 0.1) is 6.10 Å². The van der Waals surface area contributed by atoms with Crippen molar-refractivity contribution in [2.75, 3.05) is 13.2 Å². The molecule has 0 aliphatic carbocycles. The summed E-state index contributed by atoms with van der Waals surface area (Å²) in [5.74, 6) is 0. The number of halogens is 2. The Morgan fingerprint density at radius 1 is 1.50 bits per heavy atom. The molecule has 2 rings (SSSR count). The minimum Gasteiger partial charge on any atom is -0.386 e. The Balaban J connectivity index is 1.90. The molecule has 0 saturated carbocycles. The molecule has 0 spiro atoms. The van der Waals surface area contributed by atoms with Crippen LogP contribution in [0.2, 0.25) is 10.0 Å². The third kappa shape index (κ3) is 3.16. The summed E-state index contributed by atoms with van der Waals surface area (Å²) in [5.41, 5.74) is 0.143. The fourth-order valence-electron chi connectivity index (χ4n) is 2.10. The van der Waals surface area contributed by atoms with Crippen LogP contribution in [0.3, 0.4) is 0 Å². The van der Waals surface area contributed by atoms with E-state index in [1.165, 1.54) is 0 Å². The first kappa shape index (κ1) is 14.1. The maximum absolute atomic E-state index is 10.3. The van der Waals surface area contributed by atoms with Crippen LogP contribution in [0.5, 0.6) is 0 Å². The van der Waals surface area contributed by atoms with Gasteiger partial charge >= 0.3 is 0 Å². The van der Waals surface area contributed by atoms with Gasteiger partial charge in [0.25, 0.3) is 0 Å². The molecule has 1 aliphatic heterocycles. The molecule has 0 bridgehead atoms. The van der Waals surface area contributed by atoms with Crippen molar-refractivity contribution in [3.05, 3.63) is 33.8 Å². The fourth-order valence-corrected chi connectivity index (χ4v) is 2.47. The summed E-state index contributed by atoms with van der Waals surface area (Å²) in [6.45, 7) is 3.56. The van der Waals surface area contributed by atoms with Gasteiger partial charge in [0.15, 0.2) is 0 Å². The molecule has 5 heteroatoms. The quantitative estimate of drug-likeness (QED) is 0.895. The van der Waals surface area contributed by atoms with Crippen LogP contribution < -0.4 is 5.32 Å². The van der Waals surface area contributed by atoms with Crippen LogP contribution in [0.1, 0.15) is 18.9 Å². The van der Waals surface area contributed by atoms with Crippen molar-refractivity contribution < 1.29 is 9.84 Å². The van der Waals surface area contributed by atoms with Crippen molar-refractivity contribution >= 4 is 23.2 Å². The van der Waals surface area contributed by atoms with Crippen molar-refractivity contribution in [1.29, 1.82) is 0 Å². The first-order valence-electron chi connectivity index (χ1n) is 6.00. The molecular weight excluding hydrogens is 273 g/mol. The molecule has 1 aromatic rings. The average molecular weight is 290 g/mol. The number of hydrogen-bond acceptors (Lipinski definition) is 3. The van der Waals surface area contributed by atoms with Crippen molar-refractivity contribution in [2.45, 2.75) is 31.6 Å². The van der Waals surface area contributed by atoms with Gasteiger partial charge in [-0.15, -0.1) is 0 Å². The molecule has 1 fully saturated rings. The van der Waals surface area contributed by atoms with Crippen LogP contribution in [0.4, 0.5) is 0 Å². The van der Waals surface area contributed by atoms with Gasteiger partial charge in [-0.25, -0.2) is 0 Å². The summed E-state index contributed by atoms with van der Waals surface area (Å²) >= 11 is 12.0. The third-order valence-corrected chi connectivity index (χ3v) is 4.02. The molecule has 2 unspecified atom stereocenters. The second-order valence-electron chi connectivity index (χ2n) is 4.71. The van der Waals surface area contributed by atoms with Gasteiger partial charge in [-0.2, -0.15) is 0 Å². The zero-order valence-corrected chi connectivity index (χ0v) is 11.8. The average Bonchev–Trinajstić information content (AvgIpc) is 2.64. The van der Waals surface area contributed by atoms with Gasteiger partial charge in [-0.1, -0.05) is 23.2 Å².